The second kappa shape index (κ2) is 5.35. The summed E-state index contributed by atoms with van der Waals surface area (Å²) in [5.41, 5.74) is 6.53. The minimum atomic E-state index is -0.276. The smallest absolute Gasteiger partial charge is 0.230 e. The van der Waals surface area contributed by atoms with Gasteiger partial charge in [-0.1, -0.05) is 23.7 Å². The van der Waals surface area contributed by atoms with Gasteiger partial charge in [0.2, 0.25) is 5.91 Å². The minimum Gasteiger partial charge on any atom is -0.370 e. The Morgan fingerprint density at radius 2 is 2.10 bits per heavy atom. The Bertz CT molecular complexity index is 499. The number of benzene rings is 1. The first kappa shape index (κ1) is 13.9. The van der Waals surface area contributed by atoms with Crippen LogP contribution < -0.4 is 5.73 Å². The van der Waals surface area contributed by atoms with Crippen molar-refractivity contribution in [2.75, 3.05) is 26.2 Å². The van der Waals surface area contributed by atoms with Crippen LogP contribution >= 0.6 is 11.6 Å². The molecule has 1 heterocycles. The SMILES string of the molecule is NCC1(C(=O)N2CCOC(c3ccc(Cl)cc3)C2)CC1. The Balaban J connectivity index is 1.70. The second-order valence-corrected chi connectivity index (χ2v) is 6.08. The molecule has 1 aliphatic heterocycles. The fraction of sp³-hybridized carbons (Fsp3) is 0.533. The van der Waals surface area contributed by atoms with Gasteiger partial charge in [-0.2, -0.15) is 0 Å². The fourth-order valence-electron chi connectivity index (χ4n) is 2.70. The van der Waals surface area contributed by atoms with Crippen molar-refractivity contribution in [1.82, 2.24) is 4.90 Å². The Hall–Kier alpha value is -1.10. The van der Waals surface area contributed by atoms with Gasteiger partial charge < -0.3 is 15.4 Å². The van der Waals surface area contributed by atoms with Gasteiger partial charge in [-0.25, -0.2) is 0 Å². The Morgan fingerprint density at radius 1 is 1.40 bits per heavy atom. The van der Waals surface area contributed by atoms with Gasteiger partial charge in [0.1, 0.15) is 6.10 Å². The monoisotopic (exact) mass is 294 g/mol. The van der Waals surface area contributed by atoms with E-state index in [1.165, 1.54) is 0 Å². The van der Waals surface area contributed by atoms with Crippen LogP contribution in [-0.2, 0) is 9.53 Å². The normalized spacial score (nSPS) is 24.5. The van der Waals surface area contributed by atoms with E-state index in [2.05, 4.69) is 0 Å². The summed E-state index contributed by atoms with van der Waals surface area (Å²) < 4.78 is 5.78. The van der Waals surface area contributed by atoms with E-state index < -0.39 is 0 Å². The van der Waals surface area contributed by atoms with Crippen LogP contribution in [0, 0.1) is 5.41 Å². The third-order valence-electron chi connectivity index (χ3n) is 4.29. The number of hydrogen-bond donors (Lipinski definition) is 1. The number of carbonyl (C=O) groups excluding carboxylic acids is 1. The molecule has 1 saturated heterocycles. The van der Waals surface area contributed by atoms with Crippen molar-refractivity contribution < 1.29 is 9.53 Å². The van der Waals surface area contributed by atoms with Crippen molar-refractivity contribution in [3.05, 3.63) is 34.9 Å². The molecule has 1 aliphatic carbocycles. The van der Waals surface area contributed by atoms with E-state index in [1.807, 2.05) is 29.2 Å². The number of carbonyl (C=O) groups is 1. The average molecular weight is 295 g/mol. The standard InChI is InChI=1S/C15H19ClN2O2/c16-12-3-1-11(2-4-12)13-9-18(7-8-20-13)14(19)15(10-17)5-6-15/h1-4,13H,5-10,17H2. The quantitative estimate of drug-likeness (QED) is 0.927. The molecule has 1 amide bonds. The highest BCUT2D eigenvalue weighted by molar-refractivity contribution is 6.30. The first-order chi connectivity index (χ1) is 9.64. The molecular weight excluding hydrogens is 276 g/mol. The van der Waals surface area contributed by atoms with Gasteiger partial charge in [-0.15, -0.1) is 0 Å². The molecule has 1 aromatic rings. The van der Waals surface area contributed by atoms with Crippen molar-refractivity contribution in [1.29, 1.82) is 0 Å². The molecule has 4 nitrogen and oxygen atoms in total. The molecule has 108 valence electrons. The number of nitrogens with two attached hydrogens (primary N) is 1. The van der Waals surface area contributed by atoms with Gasteiger partial charge in [0.15, 0.2) is 0 Å². The molecular formula is C15H19ClN2O2. The highest BCUT2D eigenvalue weighted by Gasteiger charge is 2.51. The first-order valence-corrected chi connectivity index (χ1v) is 7.39. The molecule has 0 radical (unpaired) electrons. The van der Waals surface area contributed by atoms with Crippen LogP contribution in [0.1, 0.15) is 24.5 Å². The second-order valence-electron chi connectivity index (χ2n) is 5.65. The molecule has 2 fully saturated rings. The zero-order chi connectivity index (χ0) is 14.2. The fourth-order valence-corrected chi connectivity index (χ4v) is 2.83. The number of nitrogens with zero attached hydrogens (tertiary/aromatic N) is 1. The van der Waals surface area contributed by atoms with Crippen LogP contribution in [-0.4, -0.2) is 37.0 Å². The lowest BCUT2D eigenvalue weighted by Gasteiger charge is -2.35. The van der Waals surface area contributed by atoms with Gasteiger partial charge in [0.25, 0.3) is 0 Å². The topological polar surface area (TPSA) is 55.6 Å². The van der Waals surface area contributed by atoms with Crippen LogP contribution in [0.4, 0.5) is 0 Å². The Kier molecular flexibility index (Phi) is 3.71. The first-order valence-electron chi connectivity index (χ1n) is 7.01. The van der Waals surface area contributed by atoms with Crippen molar-refractivity contribution in [3.63, 3.8) is 0 Å². The molecule has 1 aromatic carbocycles. The number of amides is 1. The molecule has 5 heteroatoms. The summed E-state index contributed by atoms with van der Waals surface area (Å²) >= 11 is 5.90. The summed E-state index contributed by atoms with van der Waals surface area (Å²) in [7, 11) is 0. The maximum absolute atomic E-state index is 12.5. The molecule has 20 heavy (non-hydrogen) atoms. The van der Waals surface area contributed by atoms with Crippen LogP contribution in [0.2, 0.25) is 5.02 Å². The molecule has 0 bridgehead atoms. The average Bonchev–Trinajstić information content (AvgIpc) is 3.28. The van der Waals surface area contributed by atoms with Crippen LogP contribution in [0.5, 0.6) is 0 Å². The zero-order valence-corrected chi connectivity index (χ0v) is 12.1. The summed E-state index contributed by atoms with van der Waals surface area (Å²) in [5, 5.41) is 0.706. The summed E-state index contributed by atoms with van der Waals surface area (Å²) in [6.45, 7) is 2.28. The largest absolute Gasteiger partial charge is 0.370 e. The number of rotatable bonds is 3. The van der Waals surface area contributed by atoms with Crippen molar-refractivity contribution >= 4 is 17.5 Å². The van der Waals surface area contributed by atoms with Gasteiger partial charge in [0, 0.05) is 18.1 Å². The molecule has 0 aromatic heterocycles. The summed E-state index contributed by atoms with van der Waals surface area (Å²) in [6.07, 6.45) is 1.77. The Labute approximate surface area is 123 Å². The van der Waals surface area contributed by atoms with Gasteiger partial charge >= 0.3 is 0 Å². The molecule has 1 saturated carbocycles. The van der Waals surface area contributed by atoms with E-state index in [0.717, 1.165) is 18.4 Å². The number of halogens is 1. The van der Waals surface area contributed by atoms with E-state index in [0.29, 0.717) is 31.3 Å². The number of hydrogen-bond acceptors (Lipinski definition) is 3. The van der Waals surface area contributed by atoms with Crippen LogP contribution in [0.25, 0.3) is 0 Å². The molecule has 0 spiro atoms. The number of ether oxygens (including phenoxy) is 1. The summed E-state index contributed by atoms with van der Waals surface area (Å²) in [6, 6.07) is 7.61. The van der Waals surface area contributed by atoms with Gasteiger partial charge in [-0.3, -0.25) is 4.79 Å². The van der Waals surface area contributed by atoms with Crippen LogP contribution in [0.15, 0.2) is 24.3 Å². The van der Waals surface area contributed by atoms with Crippen LogP contribution in [0.3, 0.4) is 0 Å². The zero-order valence-electron chi connectivity index (χ0n) is 11.3. The van der Waals surface area contributed by atoms with Gasteiger partial charge in [-0.05, 0) is 30.5 Å². The minimum absolute atomic E-state index is 0.0708. The van der Waals surface area contributed by atoms with E-state index in [9.17, 15) is 4.79 Å². The Morgan fingerprint density at radius 3 is 2.70 bits per heavy atom. The molecule has 3 rings (SSSR count). The third kappa shape index (κ3) is 2.55. The summed E-state index contributed by atoms with van der Waals surface area (Å²) in [4.78, 5) is 14.4. The molecule has 2 N–H and O–H groups in total. The van der Waals surface area contributed by atoms with E-state index in [4.69, 9.17) is 22.1 Å². The van der Waals surface area contributed by atoms with E-state index >= 15 is 0 Å². The summed E-state index contributed by atoms with van der Waals surface area (Å²) in [5.74, 6) is 0.197. The predicted octanol–water partition coefficient (Wildman–Crippen LogP) is 1.98. The lowest BCUT2D eigenvalue weighted by Crippen LogP contribution is -2.47. The highest BCUT2D eigenvalue weighted by Crippen LogP contribution is 2.46. The van der Waals surface area contributed by atoms with Crippen molar-refractivity contribution in [3.8, 4) is 0 Å². The van der Waals surface area contributed by atoms with Crippen molar-refractivity contribution in [2.45, 2.75) is 18.9 Å². The van der Waals surface area contributed by atoms with Crippen molar-refractivity contribution in [2.24, 2.45) is 11.1 Å². The van der Waals surface area contributed by atoms with Gasteiger partial charge in [0.05, 0.1) is 18.6 Å². The third-order valence-corrected chi connectivity index (χ3v) is 4.55. The highest BCUT2D eigenvalue weighted by atomic mass is 35.5. The molecule has 1 unspecified atom stereocenters. The lowest BCUT2D eigenvalue weighted by atomic mass is 10.0. The maximum atomic E-state index is 12.5. The molecule has 1 atom stereocenters. The van der Waals surface area contributed by atoms with E-state index in [-0.39, 0.29) is 17.4 Å². The maximum Gasteiger partial charge on any atom is 0.230 e. The molecule has 2 aliphatic rings. The predicted molar refractivity (Wildman–Crippen MR) is 77.4 cm³/mol. The lowest BCUT2D eigenvalue weighted by molar-refractivity contribution is -0.144. The number of morpholine rings is 1. The van der Waals surface area contributed by atoms with E-state index in [1.54, 1.807) is 0 Å².